The van der Waals surface area contributed by atoms with E-state index in [1.54, 1.807) is 18.3 Å². The largest absolute Gasteiger partial charge is 0.459 e. The van der Waals surface area contributed by atoms with Gasteiger partial charge >= 0.3 is 0 Å². The molecule has 32 heavy (non-hydrogen) atoms. The van der Waals surface area contributed by atoms with E-state index in [-0.39, 0.29) is 17.9 Å². The van der Waals surface area contributed by atoms with Crippen molar-refractivity contribution in [3.63, 3.8) is 0 Å². The van der Waals surface area contributed by atoms with Gasteiger partial charge in [-0.2, -0.15) is 0 Å². The number of nitrogens with one attached hydrogen (secondary N) is 1. The highest BCUT2D eigenvalue weighted by molar-refractivity contribution is 7.80. The Hall–Kier alpha value is -3.22. The van der Waals surface area contributed by atoms with Gasteiger partial charge in [0.2, 0.25) is 0 Å². The fourth-order valence-corrected chi connectivity index (χ4v) is 4.56. The Morgan fingerprint density at radius 2 is 1.88 bits per heavy atom. The van der Waals surface area contributed by atoms with Crippen molar-refractivity contribution < 1.29 is 8.81 Å². The minimum Gasteiger partial charge on any atom is -0.459 e. The van der Waals surface area contributed by atoms with Crippen molar-refractivity contribution in [1.29, 1.82) is 0 Å². The third-order valence-electron chi connectivity index (χ3n) is 5.59. The molecule has 1 saturated heterocycles. The molecular formula is C25H19ClFN3OS. The minimum atomic E-state index is -0.309. The van der Waals surface area contributed by atoms with Gasteiger partial charge < -0.3 is 14.6 Å². The molecule has 0 aliphatic carbocycles. The van der Waals surface area contributed by atoms with Crippen LogP contribution in [0, 0.1) is 12.7 Å². The lowest BCUT2D eigenvalue weighted by molar-refractivity contribution is 0.439. The van der Waals surface area contributed by atoms with Gasteiger partial charge in [-0.15, -0.1) is 0 Å². The summed E-state index contributed by atoms with van der Waals surface area (Å²) in [5.41, 5.74) is 3.60. The zero-order valence-electron chi connectivity index (χ0n) is 17.1. The lowest BCUT2D eigenvalue weighted by Gasteiger charge is -2.26. The third kappa shape index (κ3) is 3.76. The number of nitrogens with zero attached hydrogens (tertiary/aromatic N) is 2. The summed E-state index contributed by atoms with van der Waals surface area (Å²) in [6, 6.07) is 21.1. The predicted molar refractivity (Wildman–Crippen MR) is 128 cm³/mol. The SMILES string of the molecule is Cc1ccc(Cl)cc1-c1ccc([C@@H]2[C@@H](c3ccccn3)NC(=S)N2c2ccc(F)cc2)o1. The summed E-state index contributed by atoms with van der Waals surface area (Å²) in [6.45, 7) is 2.02. The molecule has 0 saturated carbocycles. The lowest BCUT2D eigenvalue weighted by Crippen LogP contribution is -2.29. The van der Waals surface area contributed by atoms with Crippen molar-refractivity contribution in [2.24, 2.45) is 0 Å². The van der Waals surface area contributed by atoms with Gasteiger partial charge in [0.05, 0.1) is 11.7 Å². The average molecular weight is 464 g/mol. The summed E-state index contributed by atoms with van der Waals surface area (Å²) < 4.78 is 20.0. The summed E-state index contributed by atoms with van der Waals surface area (Å²) >= 11 is 11.9. The summed E-state index contributed by atoms with van der Waals surface area (Å²) in [6.07, 6.45) is 1.75. The molecule has 4 aromatic rings. The normalized spacial score (nSPS) is 18.1. The van der Waals surface area contributed by atoms with Crippen LogP contribution in [0.4, 0.5) is 10.1 Å². The summed E-state index contributed by atoms with van der Waals surface area (Å²) in [7, 11) is 0. The first kappa shape index (κ1) is 20.7. The van der Waals surface area contributed by atoms with E-state index in [9.17, 15) is 4.39 Å². The van der Waals surface area contributed by atoms with Crippen LogP contribution in [-0.4, -0.2) is 10.1 Å². The number of furan rings is 1. The highest BCUT2D eigenvalue weighted by atomic mass is 35.5. The molecule has 0 spiro atoms. The van der Waals surface area contributed by atoms with Crippen LogP contribution >= 0.6 is 23.8 Å². The van der Waals surface area contributed by atoms with Crippen molar-refractivity contribution >= 4 is 34.6 Å². The molecule has 1 aliphatic heterocycles. The fraction of sp³-hybridized carbons (Fsp3) is 0.120. The van der Waals surface area contributed by atoms with Crippen molar-refractivity contribution in [3.05, 3.63) is 107 Å². The van der Waals surface area contributed by atoms with Crippen LogP contribution < -0.4 is 10.2 Å². The first-order valence-corrected chi connectivity index (χ1v) is 10.9. The Bertz CT molecular complexity index is 1280. The van der Waals surface area contributed by atoms with Crippen LogP contribution in [0.1, 0.15) is 29.1 Å². The number of thiocarbonyl (C=S) groups is 1. The molecule has 7 heteroatoms. The number of rotatable bonds is 4. The third-order valence-corrected chi connectivity index (χ3v) is 6.14. The Morgan fingerprint density at radius 3 is 2.62 bits per heavy atom. The molecule has 0 radical (unpaired) electrons. The Labute approximate surface area is 195 Å². The standard InChI is InChI=1S/C25H19ClFN3OS/c1-15-5-6-16(26)14-19(15)21-11-12-22(31-21)24-23(20-4-2-3-13-28-20)29-25(32)30(24)18-9-7-17(27)8-10-18/h2-14,23-24H,1H3,(H,29,32)/t23-,24-/m1/s1. The molecular weight excluding hydrogens is 445 g/mol. The Balaban J connectivity index is 1.61. The fourth-order valence-electron chi connectivity index (χ4n) is 4.04. The molecule has 4 nitrogen and oxygen atoms in total. The van der Waals surface area contributed by atoms with Crippen LogP contribution in [0.25, 0.3) is 11.3 Å². The van der Waals surface area contributed by atoms with Gasteiger partial charge in [-0.25, -0.2) is 4.39 Å². The van der Waals surface area contributed by atoms with Crippen molar-refractivity contribution in [2.75, 3.05) is 4.90 Å². The molecule has 2 atom stereocenters. The van der Waals surface area contributed by atoms with Gasteiger partial charge in [-0.1, -0.05) is 23.7 Å². The molecule has 0 bridgehead atoms. The summed E-state index contributed by atoms with van der Waals surface area (Å²) in [5.74, 6) is 1.13. The van der Waals surface area contributed by atoms with E-state index in [1.165, 1.54) is 12.1 Å². The number of aryl methyl sites for hydroxylation is 1. The quantitative estimate of drug-likeness (QED) is 0.344. The first-order chi connectivity index (χ1) is 15.5. The summed E-state index contributed by atoms with van der Waals surface area (Å²) in [4.78, 5) is 6.48. The number of benzene rings is 2. The maximum absolute atomic E-state index is 13.6. The molecule has 1 fully saturated rings. The van der Waals surface area contributed by atoms with Crippen molar-refractivity contribution in [3.8, 4) is 11.3 Å². The average Bonchev–Trinajstić information content (AvgIpc) is 3.41. The van der Waals surface area contributed by atoms with E-state index in [0.717, 1.165) is 28.3 Å². The topological polar surface area (TPSA) is 41.3 Å². The zero-order valence-corrected chi connectivity index (χ0v) is 18.7. The molecule has 2 aromatic carbocycles. The van der Waals surface area contributed by atoms with Gasteiger partial charge in [0, 0.05) is 22.5 Å². The van der Waals surface area contributed by atoms with Crippen LogP contribution in [0.3, 0.4) is 0 Å². The Morgan fingerprint density at radius 1 is 1.06 bits per heavy atom. The van der Waals surface area contributed by atoms with Gasteiger partial charge in [0.25, 0.3) is 0 Å². The zero-order chi connectivity index (χ0) is 22.2. The predicted octanol–water partition coefficient (Wildman–Crippen LogP) is 6.62. The van der Waals surface area contributed by atoms with Crippen molar-refractivity contribution in [1.82, 2.24) is 10.3 Å². The van der Waals surface area contributed by atoms with Gasteiger partial charge in [-0.05, 0) is 85.4 Å². The van der Waals surface area contributed by atoms with E-state index >= 15 is 0 Å². The lowest BCUT2D eigenvalue weighted by atomic mass is 10.0. The molecule has 0 unspecified atom stereocenters. The smallest absolute Gasteiger partial charge is 0.174 e. The molecule has 0 amide bonds. The van der Waals surface area contributed by atoms with E-state index in [4.69, 9.17) is 28.2 Å². The van der Waals surface area contributed by atoms with E-state index in [0.29, 0.717) is 15.9 Å². The van der Waals surface area contributed by atoms with Crippen molar-refractivity contribution in [2.45, 2.75) is 19.0 Å². The maximum atomic E-state index is 13.6. The van der Waals surface area contributed by atoms with Crippen LogP contribution in [0.5, 0.6) is 0 Å². The Kier molecular flexibility index (Phi) is 5.41. The monoisotopic (exact) mass is 463 g/mol. The first-order valence-electron chi connectivity index (χ1n) is 10.1. The highest BCUT2D eigenvalue weighted by Gasteiger charge is 2.42. The van der Waals surface area contributed by atoms with E-state index in [2.05, 4.69) is 10.3 Å². The molecule has 2 aromatic heterocycles. The van der Waals surface area contributed by atoms with Gasteiger partial charge in [0.15, 0.2) is 5.11 Å². The second-order valence-electron chi connectivity index (χ2n) is 7.63. The molecule has 160 valence electrons. The molecule has 1 N–H and O–H groups in total. The number of halogens is 2. The highest BCUT2D eigenvalue weighted by Crippen LogP contribution is 2.43. The number of aromatic nitrogens is 1. The summed E-state index contributed by atoms with van der Waals surface area (Å²) in [5, 5.41) is 4.54. The maximum Gasteiger partial charge on any atom is 0.174 e. The number of hydrogen-bond acceptors (Lipinski definition) is 3. The number of anilines is 1. The molecule has 5 rings (SSSR count). The van der Waals surface area contributed by atoms with E-state index in [1.807, 2.05) is 60.4 Å². The molecule has 3 heterocycles. The second-order valence-corrected chi connectivity index (χ2v) is 8.46. The van der Waals surface area contributed by atoms with Crippen LogP contribution in [0.2, 0.25) is 5.02 Å². The molecule has 1 aliphatic rings. The minimum absolute atomic E-state index is 0.242. The van der Waals surface area contributed by atoms with Gasteiger partial charge in [0.1, 0.15) is 23.4 Å². The van der Waals surface area contributed by atoms with E-state index < -0.39 is 0 Å². The number of pyridine rings is 1. The second kappa shape index (κ2) is 8.37. The van der Waals surface area contributed by atoms with Crippen LogP contribution in [-0.2, 0) is 0 Å². The number of hydrogen-bond donors (Lipinski definition) is 1. The van der Waals surface area contributed by atoms with Crippen LogP contribution in [0.15, 0.2) is 83.4 Å². The van der Waals surface area contributed by atoms with Gasteiger partial charge in [-0.3, -0.25) is 4.98 Å².